The second-order valence-corrected chi connectivity index (χ2v) is 5.25. The summed E-state index contributed by atoms with van der Waals surface area (Å²) in [5.74, 6) is 0.820. The lowest BCUT2D eigenvalue weighted by atomic mass is 9.87. The van der Waals surface area contributed by atoms with E-state index in [1.807, 2.05) is 0 Å². The minimum absolute atomic E-state index is 0.0373. The summed E-state index contributed by atoms with van der Waals surface area (Å²) in [5, 5.41) is 13.9. The van der Waals surface area contributed by atoms with Gasteiger partial charge in [-0.2, -0.15) is 0 Å². The second kappa shape index (κ2) is 6.41. The van der Waals surface area contributed by atoms with E-state index in [0.717, 1.165) is 24.6 Å². The van der Waals surface area contributed by atoms with Gasteiger partial charge in [-0.05, 0) is 18.4 Å². The van der Waals surface area contributed by atoms with E-state index in [-0.39, 0.29) is 5.69 Å². The largest absolute Gasteiger partial charge is 0.397 e. The number of rotatable bonds is 5. The van der Waals surface area contributed by atoms with Crippen molar-refractivity contribution < 1.29 is 4.92 Å². The zero-order valence-corrected chi connectivity index (χ0v) is 11.1. The Morgan fingerprint density at radius 2 is 2.05 bits per heavy atom. The molecule has 2 rings (SSSR count). The highest BCUT2D eigenvalue weighted by molar-refractivity contribution is 5.69. The molecule has 104 valence electrons. The van der Waals surface area contributed by atoms with Crippen molar-refractivity contribution in [1.82, 2.24) is 0 Å². The predicted octanol–water partition coefficient (Wildman–Crippen LogP) is 3.56. The van der Waals surface area contributed by atoms with Gasteiger partial charge in [0, 0.05) is 18.7 Å². The van der Waals surface area contributed by atoms with Crippen LogP contribution in [-0.4, -0.2) is 11.5 Å². The highest BCUT2D eigenvalue weighted by Crippen LogP contribution is 2.27. The van der Waals surface area contributed by atoms with Crippen LogP contribution in [0.1, 0.15) is 38.5 Å². The topological polar surface area (TPSA) is 81.2 Å². The van der Waals surface area contributed by atoms with Crippen LogP contribution in [0.25, 0.3) is 0 Å². The van der Waals surface area contributed by atoms with Crippen LogP contribution < -0.4 is 11.1 Å². The fourth-order valence-electron chi connectivity index (χ4n) is 2.71. The number of nitrogens with zero attached hydrogens (tertiary/aromatic N) is 1. The number of hydrogen-bond acceptors (Lipinski definition) is 4. The minimum Gasteiger partial charge on any atom is -0.397 e. The number of nitrogens with two attached hydrogens (primary N) is 1. The van der Waals surface area contributed by atoms with Crippen LogP contribution in [0.15, 0.2) is 18.2 Å². The van der Waals surface area contributed by atoms with Crippen LogP contribution in [0.3, 0.4) is 0 Å². The number of hydrogen-bond donors (Lipinski definition) is 2. The minimum atomic E-state index is -0.428. The predicted molar refractivity (Wildman–Crippen MR) is 77.2 cm³/mol. The van der Waals surface area contributed by atoms with Crippen molar-refractivity contribution in [2.45, 2.75) is 38.5 Å². The number of non-ortho nitro benzene ring substituents is 1. The Labute approximate surface area is 113 Å². The van der Waals surface area contributed by atoms with E-state index >= 15 is 0 Å². The molecule has 0 unspecified atom stereocenters. The lowest BCUT2D eigenvalue weighted by molar-refractivity contribution is -0.384. The third-order valence-electron chi connectivity index (χ3n) is 3.84. The quantitative estimate of drug-likeness (QED) is 0.483. The number of nitro groups is 1. The maximum Gasteiger partial charge on any atom is 0.271 e. The van der Waals surface area contributed by atoms with E-state index in [2.05, 4.69) is 5.32 Å². The molecule has 1 aliphatic rings. The Bertz CT molecular complexity index is 442. The molecular formula is C14H21N3O2. The standard InChI is InChI=1S/C14H21N3O2/c15-13-10-12(17(18)19)6-7-14(13)16-9-8-11-4-2-1-3-5-11/h6-7,10-11,16H,1-5,8-9,15H2. The van der Waals surface area contributed by atoms with Crippen molar-refractivity contribution in [2.75, 3.05) is 17.6 Å². The summed E-state index contributed by atoms with van der Waals surface area (Å²) in [6, 6.07) is 4.58. The first-order valence-corrected chi connectivity index (χ1v) is 6.94. The first kappa shape index (κ1) is 13.6. The summed E-state index contributed by atoms with van der Waals surface area (Å²) in [7, 11) is 0. The van der Waals surface area contributed by atoms with E-state index in [9.17, 15) is 10.1 Å². The van der Waals surface area contributed by atoms with E-state index < -0.39 is 4.92 Å². The van der Waals surface area contributed by atoms with E-state index in [0.29, 0.717) is 5.69 Å². The van der Waals surface area contributed by atoms with Crippen LogP contribution in [0.4, 0.5) is 17.1 Å². The van der Waals surface area contributed by atoms with Gasteiger partial charge >= 0.3 is 0 Å². The molecular weight excluding hydrogens is 242 g/mol. The lowest BCUT2D eigenvalue weighted by Gasteiger charge is -2.21. The van der Waals surface area contributed by atoms with Gasteiger partial charge < -0.3 is 11.1 Å². The van der Waals surface area contributed by atoms with Gasteiger partial charge in [0.15, 0.2) is 0 Å². The fraction of sp³-hybridized carbons (Fsp3) is 0.571. The van der Waals surface area contributed by atoms with Gasteiger partial charge in [0.05, 0.1) is 16.3 Å². The van der Waals surface area contributed by atoms with Gasteiger partial charge in [-0.15, -0.1) is 0 Å². The maximum absolute atomic E-state index is 10.6. The van der Waals surface area contributed by atoms with Crippen molar-refractivity contribution in [3.05, 3.63) is 28.3 Å². The maximum atomic E-state index is 10.6. The normalized spacial score (nSPS) is 16.2. The van der Waals surface area contributed by atoms with Crippen LogP contribution in [0.2, 0.25) is 0 Å². The molecule has 1 aromatic rings. The van der Waals surface area contributed by atoms with Gasteiger partial charge in [0.25, 0.3) is 5.69 Å². The van der Waals surface area contributed by atoms with Crippen LogP contribution >= 0.6 is 0 Å². The number of nitrogens with one attached hydrogen (secondary N) is 1. The van der Waals surface area contributed by atoms with Gasteiger partial charge in [-0.3, -0.25) is 10.1 Å². The molecule has 0 aromatic heterocycles. The summed E-state index contributed by atoms with van der Waals surface area (Å²) in [6.07, 6.45) is 7.89. The van der Waals surface area contributed by atoms with Crippen LogP contribution in [0.5, 0.6) is 0 Å². The number of benzene rings is 1. The Hall–Kier alpha value is -1.78. The van der Waals surface area contributed by atoms with Crippen LogP contribution in [0, 0.1) is 16.0 Å². The Morgan fingerprint density at radius 1 is 1.32 bits per heavy atom. The van der Waals surface area contributed by atoms with E-state index in [4.69, 9.17) is 5.73 Å². The molecule has 0 radical (unpaired) electrons. The zero-order chi connectivity index (χ0) is 13.7. The molecule has 1 saturated carbocycles. The van der Waals surface area contributed by atoms with E-state index in [1.54, 1.807) is 6.07 Å². The molecule has 0 heterocycles. The first-order chi connectivity index (χ1) is 9.16. The SMILES string of the molecule is Nc1cc([N+](=O)[O-])ccc1NCCC1CCCCC1. The molecule has 5 heteroatoms. The highest BCUT2D eigenvalue weighted by Gasteiger charge is 2.13. The van der Waals surface area contributed by atoms with Crippen molar-refractivity contribution in [3.63, 3.8) is 0 Å². The molecule has 0 aliphatic heterocycles. The third-order valence-corrected chi connectivity index (χ3v) is 3.84. The Kier molecular flexibility index (Phi) is 4.60. The van der Waals surface area contributed by atoms with Crippen molar-refractivity contribution in [3.8, 4) is 0 Å². The first-order valence-electron chi connectivity index (χ1n) is 6.94. The van der Waals surface area contributed by atoms with Gasteiger partial charge in [0.1, 0.15) is 0 Å². The van der Waals surface area contributed by atoms with Gasteiger partial charge in [0.2, 0.25) is 0 Å². The highest BCUT2D eigenvalue weighted by atomic mass is 16.6. The van der Waals surface area contributed by atoms with Crippen molar-refractivity contribution in [2.24, 2.45) is 5.92 Å². The molecule has 0 spiro atoms. The summed E-state index contributed by atoms with van der Waals surface area (Å²) in [5.41, 5.74) is 7.08. The smallest absolute Gasteiger partial charge is 0.271 e. The molecule has 0 atom stereocenters. The monoisotopic (exact) mass is 263 g/mol. The third kappa shape index (κ3) is 3.84. The van der Waals surface area contributed by atoms with Gasteiger partial charge in [-0.25, -0.2) is 0 Å². The summed E-state index contributed by atoms with van der Waals surface area (Å²) >= 11 is 0. The summed E-state index contributed by atoms with van der Waals surface area (Å²) in [4.78, 5) is 10.2. The van der Waals surface area contributed by atoms with Crippen molar-refractivity contribution >= 4 is 17.1 Å². The number of anilines is 2. The zero-order valence-electron chi connectivity index (χ0n) is 11.1. The van der Waals surface area contributed by atoms with Crippen LogP contribution in [-0.2, 0) is 0 Å². The lowest BCUT2D eigenvalue weighted by Crippen LogP contribution is -2.12. The average Bonchev–Trinajstić information content (AvgIpc) is 2.41. The summed E-state index contributed by atoms with van der Waals surface area (Å²) in [6.45, 7) is 0.882. The van der Waals surface area contributed by atoms with Gasteiger partial charge in [-0.1, -0.05) is 32.1 Å². The Balaban J connectivity index is 1.83. The molecule has 5 nitrogen and oxygen atoms in total. The second-order valence-electron chi connectivity index (χ2n) is 5.25. The molecule has 0 saturated heterocycles. The Morgan fingerprint density at radius 3 is 2.68 bits per heavy atom. The molecule has 0 bridgehead atoms. The molecule has 1 fully saturated rings. The molecule has 19 heavy (non-hydrogen) atoms. The average molecular weight is 263 g/mol. The summed E-state index contributed by atoms with van der Waals surface area (Å²) < 4.78 is 0. The number of nitro benzene ring substituents is 1. The number of nitrogen functional groups attached to an aromatic ring is 1. The molecule has 1 aliphatic carbocycles. The molecule has 3 N–H and O–H groups in total. The van der Waals surface area contributed by atoms with E-state index in [1.165, 1.54) is 44.2 Å². The molecule has 1 aromatic carbocycles. The molecule has 0 amide bonds. The van der Waals surface area contributed by atoms with Crippen molar-refractivity contribution in [1.29, 1.82) is 0 Å². The fourth-order valence-corrected chi connectivity index (χ4v) is 2.71.